The van der Waals surface area contributed by atoms with E-state index in [9.17, 15) is 4.39 Å². The van der Waals surface area contributed by atoms with Crippen molar-refractivity contribution in [3.8, 4) is 11.3 Å². The van der Waals surface area contributed by atoms with Crippen LogP contribution in [0.5, 0.6) is 0 Å². The first kappa shape index (κ1) is 11.0. The summed E-state index contributed by atoms with van der Waals surface area (Å²) in [4.78, 5) is 4.25. The number of aromatic nitrogens is 2. The van der Waals surface area contributed by atoms with Gasteiger partial charge in [0.1, 0.15) is 5.82 Å². The van der Waals surface area contributed by atoms with Gasteiger partial charge in [-0.3, -0.25) is 0 Å². The van der Waals surface area contributed by atoms with E-state index in [0.717, 1.165) is 24.2 Å². The summed E-state index contributed by atoms with van der Waals surface area (Å²) < 4.78 is 16.4. The molecule has 1 aromatic carbocycles. The Kier molecular flexibility index (Phi) is 2.37. The molecule has 0 amide bonds. The molecule has 0 radical (unpaired) electrons. The molecule has 0 saturated heterocycles. The number of rotatable bonds is 0. The van der Waals surface area contributed by atoms with Gasteiger partial charge in [0.05, 0.1) is 29.8 Å². The van der Waals surface area contributed by atoms with E-state index in [1.807, 2.05) is 12.4 Å². The van der Waals surface area contributed by atoms with Crippen molar-refractivity contribution in [1.82, 2.24) is 9.55 Å². The molecule has 2 heterocycles. The van der Waals surface area contributed by atoms with E-state index >= 15 is 0 Å². The van der Waals surface area contributed by atoms with Crippen LogP contribution in [-0.4, -0.2) is 15.6 Å². The summed E-state index contributed by atoms with van der Waals surface area (Å²) in [5.41, 5.74) is 2.46. The maximum absolute atomic E-state index is 14.2. The lowest BCUT2D eigenvalue weighted by molar-refractivity contribution is 0.326. The number of imidazole rings is 1. The zero-order valence-corrected chi connectivity index (χ0v) is 10.6. The second-order valence-corrected chi connectivity index (χ2v) is 5.45. The molecule has 0 unspecified atom stereocenters. The fourth-order valence-electron chi connectivity index (χ4n) is 3.48. The van der Waals surface area contributed by atoms with Gasteiger partial charge in [-0.15, -0.1) is 0 Å². The van der Waals surface area contributed by atoms with Crippen molar-refractivity contribution in [2.45, 2.75) is 37.8 Å². The quantitative estimate of drug-likeness (QED) is 0.781. The van der Waals surface area contributed by atoms with Crippen molar-refractivity contribution in [3.63, 3.8) is 0 Å². The predicted octanol–water partition coefficient (Wildman–Crippen LogP) is 3.60. The average Bonchev–Trinajstić information content (AvgIpc) is 2.84. The lowest BCUT2D eigenvalue weighted by atomic mass is 9.90. The zero-order valence-electron chi connectivity index (χ0n) is 10.6. The fourth-order valence-corrected chi connectivity index (χ4v) is 3.48. The molecule has 2 atom stereocenters. The summed E-state index contributed by atoms with van der Waals surface area (Å²) >= 11 is 0. The summed E-state index contributed by atoms with van der Waals surface area (Å²) in [6.07, 6.45) is 8.37. The van der Waals surface area contributed by atoms with Gasteiger partial charge in [-0.1, -0.05) is 18.9 Å². The zero-order chi connectivity index (χ0) is 12.8. The molecule has 2 aromatic rings. The second kappa shape index (κ2) is 4.08. The van der Waals surface area contributed by atoms with Crippen molar-refractivity contribution in [2.75, 3.05) is 5.32 Å². The first-order valence-electron chi connectivity index (χ1n) is 6.92. The Labute approximate surface area is 111 Å². The van der Waals surface area contributed by atoms with Gasteiger partial charge in [-0.25, -0.2) is 9.37 Å². The summed E-state index contributed by atoms with van der Waals surface area (Å²) in [6, 6.07) is 6.02. The Morgan fingerprint density at radius 1 is 1.26 bits per heavy atom. The topological polar surface area (TPSA) is 29.9 Å². The smallest absolute Gasteiger partial charge is 0.134 e. The fraction of sp³-hybridized carbons (Fsp3) is 0.400. The minimum Gasteiger partial charge on any atom is -0.380 e. The number of nitrogens with one attached hydrogen (secondary N) is 1. The van der Waals surface area contributed by atoms with Crippen LogP contribution in [-0.2, 0) is 0 Å². The van der Waals surface area contributed by atoms with E-state index in [2.05, 4.69) is 14.9 Å². The van der Waals surface area contributed by atoms with Gasteiger partial charge >= 0.3 is 0 Å². The monoisotopic (exact) mass is 257 g/mol. The van der Waals surface area contributed by atoms with Crippen molar-refractivity contribution in [3.05, 3.63) is 36.5 Å². The van der Waals surface area contributed by atoms with Crippen LogP contribution in [0.2, 0.25) is 0 Å². The molecule has 4 heteroatoms. The number of nitrogens with zero attached hydrogens (tertiary/aromatic N) is 2. The van der Waals surface area contributed by atoms with Gasteiger partial charge in [0, 0.05) is 11.7 Å². The number of hydrogen-bond donors (Lipinski definition) is 1. The van der Waals surface area contributed by atoms with E-state index in [4.69, 9.17) is 0 Å². The van der Waals surface area contributed by atoms with Crippen LogP contribution < -0.4 is 5.32 Å². The molecule has 1 fully saturated rings. The minimum absolute atomic E-state index is 0.176. The summed E-state index contributed by atoms with van der Waals surface area (Å²) in [5.74, 6) is -0.176. The molecule has 1 aliphatic carbocycles. The van der Waals surface area contributed by atoms with Crippen LogP contribution in [0.15, 0.2) is 30.7 Å². The minimum atomic E-state index is -0.176. The molecule has 98 valence electrons. The van der Waals surface area contributed by atoms with Crippen molar-refractivity contribution in [2.24, 2.45) is 0 Å². The van der Waals surface area contributed by atoms with E-state index in [1.54, 1.807) is 12.3 Å². The van der Waals surface area contributed by atoms with Crippen LogP contribution in [0.1, 0.15) is 31.7 Å². The van der Waals surface area contributed by atoms with E-state index in [1.165, 1.54) is 18.9 Å². The molecule has 19 heavy (non-hydrogen) atoms. The Morgan fingerprint density at radius 3 is 3.11 bits per heavy atom. The number of hydrogen-bond acceptors (Lipinski definition) is 2. The van der Waals surface area contributed by atoms with Crippen molar-refractivity contribution >= 4 is 5.69 Å². The first-order chi connectivity index (χ1) is 9.34. The lowest BCUT2D eigenvalue weighted by Crippen LogP contribution is -2.32. The van der Waals surface area contributed by atoms with E-state index < -0.39 is 0 Å². The molecule has 1 saturated carbocycles. The van der Waals surface area contributed by atoms with Crippen molar-refractivity contribution in [1.29, 1.82) is 0 Å². The maximum atomic E-state index is 14.2. The predicted molar refractivity (Wildman–Crippen MR) is 72.5 cm³/mol. The highest BCUT2D eigenvalue weighted by atomic mass is 19.1. The molecule has 1 N–H and O–H groups in total. The van der Waals surface area contributed by atoms with Crippen LogP contribution >= 0.6 is 0 Å². The second-order valence-electron chi connectivity index (χ2n) is 5.45. The molecular weight excluding hydrogens is 241 g/mol. The molecule has 1 aromatic heterocycles. The highest BCUT2D eigenvalue weighted by molar-refractivity contribution is 5.77. The van der Waals surface area contributed by atoms with Crippen LogP contribution in [0.25, 0.3) is 11.3 Å². The van der Waals surface area contributed by atoms with Gasteiger partial charge < -0.3 is 9.88 Å². The molecule has 0 bridgehead atoms. The molecule has 4 rings (SSSR count). The molecule has 3 nitrogen and oxygen atoms in total. The van der Waals surface area contributed by atoms with Crippen molar-refractivity contribution < 1.29 is 4.39 Å². The normalized spacial score (nSPS) is 24.7. The first-order valence-corrected chi connectivity index (χ1v) is 6.92. The Balaban J connectivity index is 1.96. The third-order valence-electron chi connectivity index (χ3n) is 4.36. The van der Waals surface area contributed by atoms with E-state index in [0.29, 0.717) is 17.6 Å². The van der Waals surface area contributed by atoms with Gasteiger partial charge in [0.2, 0.25) is 0 Å². The largest absolute Gasteiger partial charge is 0.380 e. The maximum Gasteiger partial charge on any atom is 0.134 e. The number of halogens is 1. The van der Waals surface area contributed by atoms with Gasteiger partial charge in [-0.2, -0.15) is 0 Å². The van der Waals surface area contributed by atoms with Gasteiger partial charge in [0.15, 0.2) is 0 Å². The Hall–Kier alpha value is -1.84. The Morgan fingerprint density at radius 2 is 2.16 bits per heavy atom. The standard InChI is InChI=1S/C15H16FN3/c16-10-4-3-6-12-15(10)14-8-17-9-19(14)13-7-2-1-5-11(13)18-12/h3-4,6,8-9,11,13,18H,1-2,5,7H2/t11-,13-/m1/s1. The van der Waals surface area contributed by atoms with Crippen LogP contribution in [0.3, 0.4) is 0 Å². The summed E-state index contributed by atoms with van der Waals surface area (Å²) in [6.45, 7) is 0. The highest BCUT2D eigenvalue weighted by Gasteiger charge is 2.32. The summed E-state index contributed by atoms with van der Waals surface area (Å²) in [5, 5.41) is 3.55. The third-order valence-corrected chi connectivity index (χ3v) is 4.36. The number of anilines is 1. The highest BCUT2D eigenvalue weighted by Crippen LogP contribution is 2.41. The van der Waals surface area contributed by atoms with Gasteiger partial charge in [-0.05, 0) is 25.0 Å². The van der Waals surface area contributed by atoms with E-state index in [-0.39, 0.29) is 5.82 Å². The number of benzene rings is 1. The third kappa shape index (κ3) is 1.59. The summed E-state index contributed by atoms with van der Waals surface area (Å²) in [7, 11) is 0. The molecular formula is C15H16FN3. The number of fused-ring (bicyclic) bond motifs is 5. The van der Waals surface area contributed by atoms with Crippen LogP contribution in [0, 0.1) is 5.82 Å². The SMILES string of the molecule is Fc1cccc2c1-c1cncn1[C@@H]1CCCC[C@H]1N2. The van der Waals surface area contributed by atoms with Gasteiger partial charge in [0.25, 0.3) is 0 Å². The van der Waals surface area contributed by atoms with Crippen LogP contribution in [0.4, 0.5) is 10.1 Å². The Bertz CT molecular complexity index is 620. The molecule has 0 spiro atoms. The average molecular weight is 257 g/mol. The molecule has 2 aliphatic rings. The lowest BCUT2D eigenvalue weighted by Gasteiger charge is -2.32. The molecule has 1 aliphatic heterocycles.